The van der Waals surface area contributed by atoms with Crippen molar-refractivity contribution in [2.24, 2.45) is 0 Å². The summed E-state index contributed by atoms with van der Waals surface area (Å²) in [5.74, 6) is -0.0570. The van der Waals surface area contributed by atoms with E-state index in [4.69, 9.17) is 11.6 Å². The number of benzene rings is 1. The van der Waals surface area contributed by atoms with Crippen molar-refractivity contribution in [3.8, 4) is 0 Å². The number of halogens is 1. The summed E-state index contributed by atoms with van der Waals surface area (Å²) in [6, 6.07) is 6.35. The molecule has 1 fully saturated rings. The van der Waals surface area contributed by atoms with Crippen molar-refractivity contribution in [1.29, 1.82) is 0 Å². The van der Waals surface area contributed by atoms with E-state index in [2.05, 4.69) is 15.0 Å². The summed E-state index contributed by atoms with van der Waals surface area (Å²) in [5.41, 5.74) is 1.87. The van der Waals surface area contributed by atoms with Crippen LogP contribution in [0.3, 0.4) is 0 Å². The molecule has 1 aliphatic heterocycles. The van der Waals surface area contributed by atoms with Crippen molar-refractivity contribution >= 4 is 38.9 Å². The Hall–Kier alpha value is -2.12. The van der Waals surface area contributed by atoms with E-state index in [1.165, 1.54) is 18.3 Å². The lowest BCUT2D eigenvalue weighted by Gasteiger charge is -2.36. The summed E-state index contributed by atoms with van der Waals surface area (Å²) in [6.45, 7) is 1.78. The highest BCUT2D eigenvalue weighted by Crippen LogP contribution is 2.53. The van der Waals surface area contributed by atoms with Crippen LogP contribution in [0.2, 0.25) is 5.02 Å². The minimum atomic E-state index is -3.78. The summed E-state index contributed by atoms with van der Waals surface area (Å²) in [5, 5.41) is 3.16. The zero-order valence-electron chi connectivity index (χ0n) is 13.5. The zero-order valence-corrected chi connectivity index (χ0v) is 15.0. The minimum Gasteiger partial charge on any atom is -0.324 e. The molecule has 1 saturated carbocycles. The summed E-state index contributed by atoms with van der Waals surface area (Å²) < 4.78 is 27.6. The topological polar surface area (TPSA) is 88.2 Å². The number of rotatable bonds is 3. The van der Waals surface area contributed by atoms with Crippen LogP contribution in [0.15, 0.2) is 35.4 Å². The number of nitrogens with one attached hydrogen (secondary N) is 2. The van der Waals surface area contributed by atoms with E-state index in [0.29, 0.717) is 16.4 Å². The fourth-order valence-corrected chi connectivity index (χ4v) is 4.63. The molecule has 1 aromatic carbocycles. The standard InChI is InChI=1S/C17H16ClN3O3S/c1-10-3-4-12(9-19-10)25(23,24)21-11-7-13-15(14(18)8-11)20-16(22)17(13)5-2-6-17/h3-4,7-9,21H,2,5-6H2,1H3,(H,20,22). The van der Waals surface area contributed by atoms with E-state index < -0.39 is 15.4 Å². The predicted molar refractivity (Wildman–Crippen MR) is 95.4 cm³/mol. The molecule has 8 heteroatoms. The first-order valence-corrected chi connectivity index (χ1v) is 9.79. The lowest BCUT2D eigenvalue weighted by Crippen LogP contribution is -2.40. The Morgan fingerprint density at radius 2 is 2.04 bits per heavy atom. The molecule has 1 aliphatic carbocycles. The third-order valence-corrected chi connectivity index (χ3v) is 6.60. The Morgan fingerprint density at radius 1 is 1.28 bits per heavy atom. The fourth-order valence-electron chi connectivity index (χ4n) is 3.38. The van der Waals surface area contributed by atoms with Crippen molar-refractivity contribution in [2.45, 2.75) is 36.5 Å². The van der Waals surface area contributed by atoms with Gasteiger partial charge in [0.05, 0.1) is 21.8 Å². The molecular formula is C17H16ClN3O3S. The SMILES string of the molecule is Cc1ccc(S(=O)(=O)Nc2cc(Cl)c3c(c2)C2(CCC2)C(=O)N3)cn1. The molecule has 1 amide bonds. The molecule has 2 aliphatic rings. The van der Waals surface area contributed by atoms with Crippen LogP contribution < -0.4 is 10.0 Å². The normalized spacial score (nSPS) is 17.8. The van der Waals surface area contributed by atoms with Gasteiger partial charge >= 0.3 is 0 Å². The summed E-state index contributed by atoms with van der Waals surface area (Å²) in [6.07, 6.45) is 3.78. The molecule has 0 atom stereocenters. The van der Waals surface area contributed by atoms with Crippen molar-refractivity contribution in [3.05, 3.63) is 46.7 Å². The number of hydrogen-bond donors (Lipinski definition) is 2. The number of carbonyl (C=O) groups excluding carboxylic acids is 1. The third-order valence-electron chi connectivity index (χ3n) is 4.93. The monoisotopic (exact) mass is 377 g/mol. The number of hydrogen-bond acceptors (Lipinski definition) is 4. The number of fused-ring (bicyclic) bond motifs is 2. The quantitative estimate of drug-likeness (QED) is 0.859. The largest absolute Gasteiger partial charge is 0.324 e. The predicted octanol–water partition coefficient (Wildman–Crippen LogP) is 3.22. The van der Waals surface area contributed by atoms with Crippen molar-refractivity contribution in [2.75, 3.05) is 10.0 Å². The highest BCUT2D eigenvalue weighted by Gasteiger charge is 2.51. The number of sulfonamides is 1. The van der Waals surface area contributed by atoms with Gasteiger partial charge in [0.1, 0.15) is 4.90 Å². The third kappa shape index (κ3) is 2.49. The smallest absolute Gasteiger partial charge is 0.263 e. The summed E-state index contributed by atoms with van der Waals surface area (Å²) in [7, 11) is -3.78. The second kappa shape index (κ2) is 5.44. The highest BCUT2D eigenvalue weighted by molar-refractivity contribution is 7.92. The first-order chi connectivity index (χ1) is 11.8. The first kappa shape index (κ1) is 16.4. The molecule has 0 unspecified atom stereocenters. The van der Waals surface area contributed by atoms with Gasteiger partial charge in [-0.25, -0.2) is 8.42 Å². The first-order valence-electron chi connectivity index (χ1n) is 7.93. The van der Waals surface area contributed by atoms with Gasteiger partial charge in [0.15, 0.2) is 0 Å². The maximum Gasteiger partial charge on any atom is 0.263 e. The molecule has 0 bridgehead atoms. The number of aryl methyl sites for hydroxylation is 1. The Morgan fingerprint density at radius 3 is 2.64 bits per heavy atom. The summed E-state index contributed by atoms with van der Waals surface area (Å²) in [4.78, 5) is 16.4. The number of aromatic nitrogens is 1. The molecule has 6 nitrogen and oxygen atoms in total. The van der Waals surface area contributed by atoms with Crippen LogP contribution in [-0.4, -0.2) is 19.3 Å². The Balaban J connectivity index is 1.72. The van der Waals surface area contributed by atoms with Gasteiger partial charge in [0, 0.05) is 11.9 Å². The molecular weight excluding hydrogens is 362 g/mol. The van der Waals surface area contributed by atoms with E-state index in [0.717, 1.165) is 30.5 Å². The Bertz CT molecular complexity index is 983. The van der Waals surface area contributed by atoms with Gasteiger partial charge in [0.2, 0.25) is 5.91 Å². The molecule has 25 heavy (non-hydrogen) atoms. The van der Waals surface area contributed by atoms with Gasteiger partial charge in [-0.3, -0.25) is 14.5 Å². The lowest BCUT2D eigenvalue weighted by molar-refractivity contribution is -0.123. The lowest BCUT2D eigenvalue weighted by atomic mass is 9.65. The van der Waals surface area contributed by atoms with E-state index in [9.17, 15) is 13.2 Å². The molecule has 1 aromatic heterocycles. The van der Waals surface area contributed by atoms with Crippen LogP contribution >= 0.6 is 11.6 Å². The summed E-state index contributed by atoms with van der Waals surface area (Å²) >= 11 is 6.28. The van der Waals surface area contributed by atoms with Crippen molar-refractivity contribution in [1.82, 2.24) is 4.98 Å². The van der Waals surface area contributed by atoms with Crippen LogP contribution in [0.1, 0.15) is 30.5 Å². The average Bonchev–Trinajstić information content (AvgIpc) is 2.80. The highest BCUT2D eigenvalue weighted by atomic mass is 35.5. The van der Waals surface area contributed by atoms with Crippen LogP contribution in [0, 0.1) is 6.92 Å². The Labute approximate surface area is 150 Å². The number of pyridine rings is 1. The maximum absolute atomic E-state index is 12.6. The molecule has 1 spiro atoms. The fraction of sp³-hybridized carbons (Fsp3) is 0.294. The number of amides is 1. The average molecular weight is 378 g/mol. The minimum absolute atomic E-state index is 0.0570. The van der Waals surface area contributed by atoms with Crippen molar-refractivity contribution in [3.63, 3.8) is 0 Å². The van der Waals surface area contributed by atoms with Crippen LogP contribution in [0.4, 0.5) is 11.4 Å². The van der Waals surface area contributed by atoms with Crippen molar-refractivity contribution < 1.29 is 13.2 Å². The molecule has 130 valence electrons. The van der Waals surface area contributed by atoms with Gasteiger partial charge in [-0.1, -0.05) is 18.0 Å². The molecule has 2 heterocycles. The number of anilines is 2. The molecule has 0 radical (unpaired) electrons. The second-order valence-corrected chi connectivity index (χ2v) is 8.60. The molecule has 2 aromatic rings. The Kier molecular flexibility index (Phi) is 3.56. The van der Waals surface area contributed by atoms with E-state index >= 15 is 0 Å². The maximum atomic E-state index is 12.6. The van der Waals surface area contributed by atoms with Crippen LogP contribution in [-0.2, 0) is 20.2 Å². The van der Waals surface area contributed by atoms with Gasteiger partial charge in [-0.15, -0.1) is 0 Å². The van der Waals surface area contributed by atoms with E-state index in [1.807, 2.05) is 0 Å². The molecule has 2 N–H and O–H groups in total. The van der Waals surface area contributed by atoms with Gasteiger partial charge in [-0.2, -0.15) is 0 Å². The van der Waals surface area contributed by atoms with E-state index in [-0.39, 0.29) is 10.8 Å². The number of carbonyl (C=O) groups is 1. The van der Waals surface area contributed by atoms with Gasteiger partial charge < -0.3 is 5.32 Å². The number of nitrogens with zero attached hydrogens (tertiary/aromatic N) is 1. The van der Waals surface area contributed by atoms with Gasteiger partial charge in [0.25, 0.3) is 10.0 Å². The molecule has 0 saturated heterocycles. The van der Waals surface area contributed by atoms with Crippen LogP contribution in [0.25, 0.3) is 0 Å². The van der Waals surface area contributed by atoms with Gasteiger partial charge in [-0.05, 0) is 49.6 Å². The van der Waals surface area contributed by atoms with Crippen LogP contribution in [0.5, 0.6) is 0 Å². The zero-order chi connectivity index (χ0) is 17.8. The van der Waals surface area contributed by atoms with E-state index in [1.54, 1.807) is 19.1 Å². The second-order valence-electron chi connectivity index (χ2n) is 6.51. The molecule has 4 rings (SSSR count).